The summed E-state index contributed by atoms with van der Waals surface area (Å²) in [6.45, 7) is 5.47. The average molecular weight is 291 g/mol. The Balaban J connectivity index is 2.49. The molecule has 21 heavy (non-hydrogen) atoms. The number of carbonyl (C=O) groups is 2. The van der Waals surface area contributed by atoms with Gasteiger partial charge in [-0.15, -0.1) is 0 Å². The van der Waals surface area contributed by atoms with Gasteiger partial charge >= 0.3 is 5.97 Å². The molecule has 0 heterocycles. The van der Waals surface area contributed by atoms with E-state index in [-0.39, 0.29) is 18.4 Å². The van der Waals surface area contributed by atoms with E-state index in [0.717, 1.165) is 12.0 Å². The molecule has 0 aliphatic carbocycles. The van der Waals surface area contributed by atoms with Crippen LogP contribution in [0, 0.1) is 5.92 Å². The highest BCUT2D eigenvalue weighted by molar-refractivity contribution is 5.80. The van der Waals surface area contributed by atoms with Gasteiger partial charge < -0.3 is 10.4 Å². The van der Waals surface area contributed by atoms with E-state index in [1.807, 2.05) is 12.1 Å². The highest BCUT2D eigenvalue weighted by Crippen LogP contribution is 2.09. The molecule has 4 nitrogen and oxygen atoms in total. The number of unbranched alkanes of at least 4 members (excludes halogenated alkanes) is 1. The summed E-state index contributed by atoms with van der Waals surface area (Å²) in [5.74, 6) is -1.63. The molecular weight excluding hydrogens is 266 g/mol. The van der Waals surface area contributed by atoms with E-state index in [0.29, 0.717) is 0 Å². The highest BCUT2D eigenvalue weighted by Gasteiger charge is 2.20. The number of amides is 1. The van der Waals surface area contributed by atoms with Crippen LogP contribution in [0.1, 0.15) is 44.7 Å². The van der Waals surface area contributed by atoms with Crippen molar-refractivity contribution in [3.63, 3.8) is 0 Å². The first-order chi connectivity index (χ1) is 9.93. The highest BCUT2D eigenvalue weighted by atomic mass is 16.4. The molecular formula is C17H25NO3. The number of aryl methyl sites for hydroxylation is 1. The molecule has 116 valence electrons. The summed E-state index contributed by atoms with van der Waals surface area (Å²) >= 11 is 0. The molecule has 2 N–H and O–H groups in total. The van der Waals surface area contributed by atoms with E-state index in [2.05, 4.69) is 24.4 Å². The standard InChI is InChI=1S/C17H25NO3/c1-4-5-6-14-7-9-15(10-8-14)11-16(19)18-13(3)12(2)17(20)21/h7-10,12-13H,4-6,11H2,1-3H3,(H,18,19)(H,20,21). The number of hydrogen-bond donors (Lipinski definition) is 2. The van der Waals surface area contributed by atoms with Crippen molar-refractivity contribution < 1.29 is 14.7 Å². The molecule has 2 unspecified atom stereocenters. The Morgan fingerprint density at radius 2 is 1.71 bits per heavy atom. The number of carboxylic acids is 1. The molecule has 1 aromatic carbocycles. The molecule has 0 aliphatic heterocycles. The molecule has 1 aromatic rings. The van der Waals surface area contributed by atoms with E-state index in [4.69, 9.17) is 5.11 Å². The van der Waals surface area contributed by atoms with Gasteiger partial charge in [-0.1, -0.05) is 37.6 Å². The fourth-order valence-electron chi connectivity index (χ4n) is 2.03. The smallest absolute Gasteiger partial charge is 0.308 e. The van der Waals surface area contributed by atoms with Crippen molar-refractivity contribution in [2.45, 2.75) is 52.5 Å². The normalized spacial score (nSPS) is 13.5. The first-order valence-electron chi connectivity index (χ1n) is 7.54. The lowest BCUT2D eigenvalue weighted by atomic mass is 10.0. The zero-order valence-corrected chi connectivity index (χ0v) is 13.1. The third-order valence-corrected chi connectivity index (χ3v) is 3.73. The SMILES string of the molecule is CCCCc1ccc(CC(=O)NC(C)C(C)C(=O)O)cc1. The second-order valence-corrected chi connectivity index (χ2v) is 5.58. The molecule has 2 atom stereocenters. The van der Waals surface area contributed by atoms with Gasteiger partial charge in [0.15, 0.2) is 0 Å². The van der Waals surface area contributed by atoms with Crippen molar-refractivity contribution in [2.75, 3.05) is 0 Å². The van der Waals surface area contributed by atoms with E-state index >= 15 is 0 Å². The summed E-state index contributed by atoms with van der Waals surface area (Å²) in [6.07, 6.45) is 3.69. The van der Waals surface area contributed by atoms with Crippen molar-refractivity contribution in [1.29, 1.82) is 0 Å². The topological polar surface area (TPSA) is 66.4 Å². The lowest BCUT2D eigenvalue weighted by Gasteiger charge is -2.17. The minimum atomic E-state index is -0.900. The summed E-state index contributed by atoms with van der Waals surface area (Å²) in [4.78, 5) is 22.8. The molecule has 0 aromatic heterocycles. The van der Waals surface area contributed by atoms with Gasteiger partial charge in [0, 0.05) is 6.04 Å². The molecule has 0 radical (unpaired) electrons. The molecule has 0 saturated heterocycles. The lowest BCUT2D eigenvalue weighted by molar-refractivity contribution is -0.142. The Hall–Kier alpha value is -1.84. The lowest BCUT2D eigenvalue weighted by Crippen LogP contribution is -2.40. The minimum Gasteiger partial charge on any atom is -0.481 e. The number of aliphatic carboxylic acids is 1. The minimum absolute atomic E-state index is 0.142. The Bertz CT molecular complexity index is 467. The number of rotatable bonds is 8. The number of benzene rings is 1. The van der Waals surface area contributed by atoms with Gasteiger partial charge in [0.1, 0.15) is 0 Å². The number of carbonyl (C=O) groups excluding carboxylic acids is 1. The number of carboxylic acid groups (broad SMARTS) is 1. The Kier molecular flexibility index (Phi) is 6.92. The van der Waals surface area contributed by atoms with Gasteiger partial charge in [0.25, 0.3) is 0 Å². The van der Waals surface area contributed by atoms with Crippen LogP contribution in [0.15, 0.2) is 24.3 Å². The zero-order valence-electron chi connectivity index (χ0n) is 13.1. The zero-order chi connectivity index (χ0) is 15.8. The molecule has 0 saturated carbocycles. The Labute approximate surface area is 126 Å². The fourth-order valence-corrected chi connectivity index (χ4v) is 2.03. The maximum Gasteiger partial charge on any atom is 0.308 e. The van der Waals surface area contributed by atoms with Crippen LogP contribution in [0.4, 0.5) is 0 Å². The number of nitrogens with one attached hydrogen (secondary N) is 1. The molecule has 1 rings (SSSR count). The molecule has 1 amide bonds. The van der Waals surface area contributed by atoms with Crippen LogP contribution in [0.25, 0.3) is 0 Å². The van der Waals surface area contributed by atoms with Crippen LogP contribution in [-0.2, 0) is 22.4 Å². The van der Waals surface area contributed by atoms with E-state index < -0.39 is 11.9 Å². The molecule has 0 fully saturated rings. The van der Waals surface area contributed by atoms with Gasteiger partial charge in [0.05, 0.1) is 12.3 Å². The molecule has 0 aliphatic rings. The summed E-state index contributed by atoms with van der Waals surface area (Å²) in [5.41, 5.74) is 2.23. The van der Waals surface area contributed by atoms with E-state index in [1.165, 1.54) is 18.4 Å². The van der Waals surface area contributed by atoms with Crippen LogP contribution in [0.2, 0.25) is 0 Å². The van der Waals surface area contributed by atoms with Gasteiger partial charge in [-0.05, 0) is 37.8 Å². The third-order valence-electron chi connectivity index (χ3n) is 3.73. The summed E-state index contributed by atoms with van der Waals surface area (Å²) in [7, 11) is 0. The van der Waals surface area contributed by atoms with Crippen molar-refractivity contribution >= 4 is 11.9 Å². The van der Waals surface area contributed by atoms with Crippen LogP contribution in [0.3, 0.4) is 0 Å². The Morgan fingerprint density at radius 1 is 1.14 bits per heavy atom. The summed E-state index contributed by atoms with van der Waals surface area (Å²) in [6, 6.07) is 7.67. The molecule has 0 bridgehead atoms. The largest absolute Gasteiger partial charge is 0.481 e. The van der Waals surface area contributed by atoms with Crippen LogP contribution >= 0.6 is 0 Å². The molecule has 0 spiro atoms. The predicted molar refractivity (Wildman–Crippen MR) is 83.2 cm³/mol. The van der Waals surface area contributed by atoms with Gasteiger partial charge in [-0.3, -0.25) is 9.59 Å². The van der Waals surface area contributed by atoms with Crippen LogP contribution < -0.4 is 5.32 Å². The van der Waals surface area contributed by atoms with Crippen molar-refractivity contribution in [1.82, 2.24) is 5.32 Å². The van der Waals surface area contributed by atoms with Gasteiger partial charge in [0.2, 0.25) is 5.91 Å². The molecule has 4 heteroatoms. The second kappa shape index (κ2) is 8.45. The second-order valence-electron chi connectivity index (χ2n) is 5.58. The maximum absolute atomic E-state index is 11.9. The predicted octanol–water partition coefficient (Wildman–Crippen LogP) is 2.80. The first-order valence-corrected chi connectivity index (χ1v) is 7.54. The average Bonchev–Trinajstić information content (AvgIpc) is 2.45. The van der Waals surface area contributed by atoms with Crippen LogP contribution in [0.5, 0.6) is 0 Å². The van der Waals surface area contributed by atoms with Gasteiger partial charge in [-0.2, -0.15) is 0 Å². The summed E-state index contributed by atoms with van der Waals surface area (Å²) in [5, 5.41) is 11.6. The summed E-state index contributed by atoms with van der Waals surface area (Å²) < 4.78 is 0. The van der Waals surface area contributed by atoms with E-state index in [9.17, 15) is 9.59 Å². The maximum atomic E-state index is 11.9. The monoisotopic (exact) mass is 291 g/mol. The Morgan fingerprint density at radius 3 is 2.24 bits per heavy atom. The third kappa shape index (κ3) is 5.98. The van der Waals surface area contributed by atoms with Crippen LogP contribution in [-0.4, -0.2) is 23.0 Å². The van der Waals surface area contributed by atoms with E-state index in [1.54, 1.807) is 13.8 Å². The van der Waals surface area contributed by atoms with Crippen molar-refractivity contribution in [3.05, 3.63) is 35.4 Å². The first kappa shape index (κ1) is 17.2. The fraction of sp³-hybridized carbons (Fsp3) is 0.529. The quantitative estimate of drug-likeness (QED) is 0.774. The number of hydrogen-bond acceptors (Lipinski definition) is 2. The van der Waals surface area contributed by atoms with Crippen molar-refractivity contribution in [3.8, 4) is 0 Å². The van der Waals surface area contributed by atoms with Crippen molar-refractivity contribution in [2.24, 2.45) is 5.92 Å². The van der Waals surface area contributed by atoms with Gasteiger partial charge in [-0.25, -0.2) is 0 Å².